The summed E-state index contributed by atoms with van der Waals surface area (Å²) in [5.41, 5.74) is 0. The minimum atomic E-state index is -3.11. The first-order valence-corrected chi connectivity index (χ1v) is 11.0. The highest BCUT2D eigenvalue weighted by Gasteiger charge is 2.54. The Hall–Kier alpha value is -0.620. The van der Waals surface area contributed by atoms with E-state index in [1.54, 1.807) is 0 Å². The smallest absolute Gasteiger partial charge is 0.223 e. The van der Waals surface area contributed by atoms with Crippen LogP contribution in [0.3, 0.4) is 0 Å². The van der Waals surface area contributed by atoms with E-state index in [-0.39, 0.29) is 11.8 Å². The molecule has 4 fully saturated rings. The summed E-state index contributed by atoms with van der Waals surface area (Å²) < 4.78 is 24.6. The van der Waals surface area contributed by atoms with E-state index >= 15 is 0 Å². The maximum Gasteiger partial charge on any atom is 0.223 e. The number of carbonyl (C=O) groups excluding carboxylic acids is 1. The van der Waals surface area contributed by atoms with Gasteiger partial charge in [-0.1, -0.05) is 6.42 Å². The van der Waals surface area contributed by atoms with Crippen molar-refractivity contribution in [3.05, 3.63) is 0 Å². The third-order valence-electron chi connectivity index (χ3n) is 7.05. The summed E-state index contributed by atoms with van der Waals surface area (Å²) >= 11 is 0. The average Bonchev–Trinajstić information content (AvgIpc) is 3.18. The lowest BCUT2D eigenvalue weighted by molar-refractivity contribution is -0.127. The third kappa shape index (κ3) is 2.82. The summed E-state index contributed by atoms with van der Waals surface area (Å²) in [6.45, 7) is 0.969. The summed E-state index contributed by atoms with van der Waals surface area (Å²) in [4.78, 5) is 12.6. The van der Waals surface area contributed by atoms with Crippen molar-refractivity contribution in [3.8, 4) is 0 Å². The Bertz CT molecular complexity index is 583. The summed E-state index contributed by atoms with van der Waals surface area (Å²) in [6.07, 6.45) is 9.24. The molecule has 6 heteroatoms. The first-order valence-electron chi connectivity index (χ1n) is 9.19. The molecule has 2 bridgehead atoms. The Morgan fingerprint density at radius 3 is 2.39 bits per heavy atom. The molecule has 23 heavy (non-hydrogen) atoms. The normalized spacial score (nSPS) is 41.2. The topological polar surface area (TPSA) is 66.5 Å². The molecule has 5 nitrogen and oxygen atoms in total. The number of amides is 1. The molecule has 3 aliphatic carbocycles. The SMILES string of the molecule is CS(=O)(=O)N1CCC(C(=O)N[C@@H]2C[C@H]3C[C@H]2[C@H]2CCC[C@@H]32)CC1. The van der Waals surface area contributed by atoms with Crippen molar-refractivity contribution < 1.29 is 13.2 Å². The number of piperidine rings is 1. The van der Waals surface area contributed by atoms with Gasteiger partial charge in [0.2, 0.25) is 15.9 Å². The molecule has 1 N–H and O–H groups in total. The molecule has 0 aromatic carbocycles. The van der Waals surface area contributed by atoms with E-state index in [0.717, 1.165) is 17.8 Å². The standard InChI is InChI=1S/C17H28N2O3S/c1-23(21,22)19-7-5-11(6-8-19)17(20)18-16-10-12-9-15(16)14-4-2-3-13(12)14/h11-16H,2-10H2,1H3,(H,18,20)/t12-,13+,14+,15+,16-/m1/s1. The van der Waals surface area contributed by atoms with Crippen LogP contribution in [0.15, 0.2) is 0 Å². The highest BCUT2D eigenvalue weighted by molar-refractivity contribution is 7.88. The highest BCUT2D eigenvalue weighted by atomic mass is 32.2. The van der Waals surface area contributed by atoms with Gasteiger partial charge in [0.15, 0.2) is 0 Å². The van der Waals surface area contributed by atoms with Crippen molar-refractivity contribution in [1.82, 2.24) is 9.62 Å². The van der Waals surface area contributed by atoms with Gasteiger partial charge in [0.25, 0.3) is 0 Å². The van der Waals surface area contributed by atoms with Crippen LogP contribution < -0.4 is 5.32 Å². The molecule has 0 unspecified atom stereocenters. The Labute approximate surface area is 139 Å². The second kappa shape index (κ2) is 5.73. The van der Waals surface area contributed by atoms with Gasteiger partial charge in [-0.2, -0.15) is 0 Å². The van der Waals surface area contributed by atoms with E-state index in [4.69, 9.17) is 0 Å². The molecule has 0 aromatic rings. The monoisotopic (exact) mass is 340 g/mol. The fourth-order valence-corrected chi connectivity index (χ4v) is 6.86. The highest BCUT2D eigenvalue weighted by Crippen LogP contribution is 2.58. The number of hydrogen-bond donors (Lipinski definition) is 1. The van der Waals surface area contributed by atoms with Gasteiger partial charge < -0.3 is 5.32 Å². The zero-order chi connectivity index (χ0) is 16.2. The van der Waals surface area contributed by atoms with Crippen molar-refractivity contribution in [2.75, 3.05) is 19.3 Å². The van der Waals surface area contributed by atoms with E-state index in [0.29, 0.717) is 37.9 Å². The van der Waals surface area contributed by atoms with Crippen molar-refractivity contribution in [2.45, 2.75) is 51.0 Å². The largest absolute Gasteiger partial charge is 0.353 e. The molecule has 1 saturated heterocycles. The van der Waals surface area contributed by atoms with Crippen LogP contribution in [0.2, 0.25) is 0 Å². The Balaban J connectivity index is 1.32. The van der Waals surface area contributed by atoms with E-state index in [1.165, 1.54) is 42.7 Å². The van der Waals surface area contributed by atoms with Crippen molar-refractivity contribution in [2.24, 2.45) is 29.6 Å². The van der Waals surface area contributed by atoms with Gasteiger partial charge in [0, 0.05) is 25.0 Å². The van der Waals surface area contributed by atoms with Crippen LogP contribution in [0.4, 0.5) is 0 Å². The van der Waals surface area contributed by atoms with Crippen LogP contribution in [0.5, 0.6) is 0 Å². The number of rotatable bonds is 3. The van der Waals surface area contributed by atoms with E-state index in [9.17, 15) is 13.2 Å². The van der Waals surface area contributed by atoms with Gasteiger partial charge in [-0.25, -0.2) is 12.7 Å². The summed E-state index contributed by atoms with van der Waals surface area (Å²) in [6, 6.07) is 0.389. The van der Waals surface area contributed by atoms with Gasteiger partial charge in [-0.05, 0) is 62.2 Å². The van der Waals surface area contributed by atoms with Crippen molar-refractivity contribution in [3.63, 3.8) is 0 Å². The minimum Gasteiger partial charge on any atom is -0.353 e. The van der Waals surface area contributed by atoms with Gasteiger partial charge >= 0.3 is 0 Å². The molecule has 1 aliphatic heterocycles. The number of fused-ring (bicyclic) bond motifs is 5. The number of sulfonamides is 1. The second-order valence-electron chi connectivity index (χ2n) is 8.21. The maximum absolute atomic E-state index is 12.6. The Morgan fingerprint density at radius 2 is 1.70 bits per heavy atom. The zero-order valence-electron chi connectivity index (χ0n) is 13.9. The Morgan fingerprint density at radius 1 is 1.00 bits per heavy atom. The minimum absolute atomic E-state index is 0.00787. The van der Waals surface area contributed by atoms with Crippen molar-refractivity contribution >= 4 is 15.9 Å². The number of nitrogens with one attached hydrogen (secondary N) is 1. The third-order valence-corrected chi connectivity index (χ3v) is 8.35. The van der Waals surface area contributed by atoms with Gasteiger partial charge in [-0.15, -0.1) is 0 Å². The quantitative estimate of drug-likeness (QED) is 0.848. The molecule has 1 amide bonds. The summed E-state index contributed by atoms with van der Waals surface area (Å²) in [7, 11) is -3.11. The van der Waals surface area contributed by atoms with Gasteiger partial charge in [-0.3, -0.25) is 4.79 Å². The summed E-state index contributed by atoms with van der Waals surface area (Å²) in [5, 5.41) is 3.34. The zero-order valence-corrected chi connectivity index (χ0v) is 14.7. The number of nitrogens with zero attached hydrogens (tertiary/aromatic N) is 1. The van der Waals surface area contributed by atoms with E-state index < -0.39 is 10.0 Å². The lowest BCUT2D eigenvalue weighted by atomic mass is 9.79. The predicted molar refractivity (Wildman–Crippen MR) is 88.1 cm³/mol. The molecule has 0 spiro atoms. The lowest BCUT2D eigenvalue weighted by Crippen LogP contribution is -2.47. The molecule has 0 aromatic heterocycles. The molecule has 1 heterocycles. The second-order valence-corrected chi connectivity index (χ2v) is 10.2. The van der Waals surface area contributed by atoms with Crippen LogP contribution in [-0.4, -0.2) is 44.0 Å². The first kappa shape index (κ1) is 15.9. The van der Waals surface area contributed by atoms with Gasteiger partial charge in [0.1, 0.15) is 0 Å². The molecule has 5 atom stereocenters. The van der Waals surface area contributed by atoms with Gasteiger partial charge in [0.05, 0.1) is 6.26 Å². The number of carbonyl (C=O) groups is 1. The molecule has 4 aliphatic rings. The van der Waals surface area contributed by atoms with E-state index in [1.807, 2.05) is 0 Å². The molecular formula is C17H28N2O3S. The summed E-state index contributed by atoms with van der Waals surface area (Å²) in [5.74, 6) is 3.55. The molecule has 130 valence electrons. The maximum atomic E-state index is 12.6. The predicted octanol–water partition coefficient (Wildman–Crippen LogP) is 1.60. The van der Waals surface area contributed by atoms with Crippen LogP contribution in [0, 0.1) is 29.6 Å². The first-order chi connectivity index (χ1) is 10.9. The van der Waals surface area contributed by atoms with Crippen LogP contribution in [-0.2, 0) is 14.8 Å². The molecular weight excluding hydrogens is 312 g/mol. The molecule has 0 radical (unpaired) electrons. The van der Waals surface area contributed by atoms with Crippen LogP contribution in [0.25, 0.3) is 0 Å². The van der Waals surface area contributed by atoms with Crippen molar-refractivity contribution in [1.29, 1.82) is 0 Å². The lowest BCUT2D eigenvalue weighted by Gasteiger charge is -2.34. The average molecular weight is 340 g/mol. The fourth-order valence-electron chi connectivity index (χ4n) is 5.98. The number of hydrogen-bond acceptors (Lipinski definition) is 3. The molecule has 4 rings (SSSR count). The van der Waals surface area contributed by atoms with Crippen LogP contribution in [0.1, 0.15) is 44.9 Å². The fraction of sp³-hybridized carbons (Fsp3) is 0.941. The molecule has 3 saturated carbocycles. The van der Waals surface area contributed by atoms with E-state index in [2.05, 4.69) is 5.32 Å². The van der Waals surface area contributed by atoms with Crippen LogP contribution >= 0.6 is 0 Å². The Kier molecular flexibility index (Phi) is 3.95.